The highest BCUT2D eigenvalue weighted by Gasteiger charge is 2.36. The summed E-state index contributed by atoms with van der Waals surface area (Å²) in [5.74, 6) is 3.27. The Kier molecular flexibility index (Phi) is 6.14. The lowest BCUT2D eigenvalue weighted by atomic mass is 9.87. The Balaban J connectivity index is 1.24. The van der Waals surface area contributed by atoms with Gasteiger partial charge in [0.15, 0.2) is 5.82 Å². The minimum Gasteiger partial charge on any atom is -0.341 e. The number of rotatable bonds is 5. The number of aryl methyl sites for hydroxylation is 1. The van der Waals surface area contributed by atoms with Gasteiger partial charge < -0.3 is 15.1 Å². The number of H-pyrrole nitrogens is 1. The number of amides is 1. The molecule has 2 aliphatic carbocycles. The predicted octanol–water partition coefficient (Wildman–Crippen LogP) is 4.46. The molecule has 2 aromatic rings. The number of anilines is 3. The van der Waals surface area contributed by atoms with Crippen molar-refractivity contribution >= 4 is 23.5 Å². The molecule has 1 unspecified atom stereocenters. The highest BCUT2D eigenvalue weighted by atomic mass is 16.2. The molecule has 2 aliphatic heterocycles. The minimum atomic E-state index is -0.131. The summed E-state index contributed by atoms with van der Waals surface area (Å²) in [5.41, 5.74) is 3.58. The van der Waals surface area contributed by atoms with Crippen LogP contribution in [0.1, 0.15) is 93.5 Å². The van der Waals surface area contributed by atoms with Gasteiger partial charge in [-0.3, -0.25) is 9.89 Å². The van der Waals surface area contributed by atoms with Crippen LogP contribution in [0.3, 0.4) is 0 Å². The number of carbonyl (C=O) groups is 1. The van der Waals surface area contributed by atoms with E-state index in [4.69, 9.17) is 9.97 Å². The van der Waals surface area contributed by atoms with Gasteiger partial charge in [0.2, 0.25) is 11.9 Å². The maximum atomic E-state index is 13.3. The molecule has 1 atom stereocenters. The average Bonchev–Trinajstić information content (AvgIpc) is 3.65. The number of aromatic amines is 1. The molecule has 8 heteroatoms. The molecule has 3 fully saturated rings. The summed E-state index contributed by atoms with van der Waals surface area (Å²) < 4.78 is 0. The standard InChI is InChI=1S/C26H37N7O/c34-25(32-14-5-2-6-15-32)22-13-8-16-33(22)26-27-20-12-7-11-19(20)24(29-26)28-23-17-21(30-31-23)18-9-3-1-4-10-18/h17-18,22H,1-16H2,(H2,27,28,29,30,31). The van der Waals surface area contributed by atoms with E-state index in [2.05, 4.69) is 31.4 Å². The summed E-state index contributed by atoms with van der Waals surface area (Å²) in [6.45, 7) is 2.63. The van der Waals surface area contributed by atoms with Gasteiger partial charge in [-0.15, -0.1) is 0 Å². The second-order valence-electron chi connectivity index (χ2n) is 10.6. The van der Waals surface area contributed by atoms with Gasteiger partial charge in [0.1, 0.15) is 11.9 Å². The van der Waals surface area contributed by atoms with E-state index in [1.807, 2.05) is 0 Å². The van der Waals surface area contributed by atoms with E-state index < -0.39 is 0 Å². The SMILES string of the molecule is O=C(C1CCCN1c1nc2c(c(Nc3cc(C4CCCCC4)[nH]n3)n1)CCC2)N1CCCCC1. The van der Waals surface area contributed by atoms with Crippen molar-refractivity contribution in [2.75, 3.05) is 29.9 Å². The van der Waals surface area contributed by atoms with Crippen LogP contribution in [0, 0.1) is 0 Å². The third kappa shape index (κ3) is 4.27. The fourth-order valence-electron chi connectivity index (χ4n) is 6.38. The summed E-state index contributed by atoms with van der Waals surface area (Å²) in [5, 5.41) is 11.4. The Hall–Kier alpha value is -2.64. The first-order valence-corrected chi connectivity index (χ1v) is 13.5. The molecule has 4 aliphatic rings. The molecule has 0 bridgehead atoms. The molecule has 2 saturated heterocycles. The lowest BCUT2D eigenvalue weighted by Crippen LogP contribution is -2.48. The van der Waals surface area contributed by atoms with E-state index in [0.717, 1.165) is 81.9 Å². The van der Waals surface area contributed by atoms with Crippen LogP contribution in [-0.2, 0) is 17.6 Å². The van der Waals surface area contributed by atoms with Crippen molar-refractivity contribution in [1.82, 2.24) is 25.1 Å². The Morgan fingerprint density at radius 1 is 0.912 bits per heavy atom. The normalized spacial score (nSPS) is 23.4. The van der Waals surface area contributed by atoms with Gasteiger partial charge in [-0.25, -0.2) is 4.98 Å². The number of carbonyl (C=O) groups excluding carboxylic acids is 1. The fourth-order valence-corrected chi connectivity index (χ4v) is 6.38. The molecule has 182 valence electrons. The van der Waals surface area contributed by atoms with Crippen molar-refractivity contribution < 1.29 is 4.79 Å². The summed E-state index contributed by atoms with van der Waals surface area (Å²) in [6.07, 6.45) is 14.9. The number of hydrogen-bond donors (Lipinski definition) is 2. The first-order valence-electron chi connectivity index (χ1n) is 13.5. The molecule has 2 N–H and O–H groups in total. The minimum absolute atomic E-state index is 0.131. The zero-order valence-corrected chi connectivity index (χ0v) is 20.2. The van der Waals surface area contributed by atoms with Gasteiger partial charge in [0, 0.05) is 42.9 Å². The maximum Gasteiger partial charge on any atom is 0.245 e. The number of likely N-dealkylation sites (tertiary alicyclic amines) is 1. The Bertz CT molecular complexity index is 1020. The van der Waals surface area contributed by atoms with Crippen LogP contribution in [0.2, 0.25) is 0 Å². The van der Waals surface area contributed by atoms with E-state index >= 15 is 0 Å². The Labute approximate surface area is 201 Å². The fraction of sp³-hybridized carbons (Fsp3) is 0.692. The summed E-state index contributed by atoms with van der Waals surface area (Å²) in [6, 6.07) is 2.03. The molecule has 0 spiro atoms. The highest BCUT2D eigenvalue weighted by Crippen LogP contribution is 2.35. The molecule has 2 aromatic heterocycles. The van der Waals surface area contributed by atoms with E-state index in [1.165, 1.54) is 49.8 Å². The number of hydrogen-bond acceptors (Lipinski definition) is 6. The summed E-state index contributed by atoms with van der Waals surface area (Å²) in [7, 11) is 0. The largest absolute Gasteiger partial charge is 0.341 e. The van der Waals surface area contributed by atoms with Crippen LogP contribution in [0.4, 0.5) is 17.6 Å². The van der Waals surface area contributed by atoms with Gasteiger partial charge in [-0.05, 0) is 64.2 Å². The van der Waals surface area contributed by atoms with E-state index in [-0.39, 0.29) is 11.9 Å². The van der Waals surface area contributed by atoms with Gasteiger partial charge in [0.05, 0.1) is 5.69 Å². The molecule has 1 amide bonds. The number of fused-ring (bicyclic) bond motifs is 1. The molecule has 34 heavy (non-hydrogen) atoms. The van der Waals surface area contributed by atoms with Gasteiger partial charge >= 0.3 is 0 Å². The van der Waals surface area contributed by atoms with Crippen LogP contribution >= 0.6 is 0 Å². The van der Waals surface area contributed by atoms with E-state index in [0.29, 0.717) is 11.9 Å². The summed E-state index contributed by atoms with van der Waals surface area (Å²) in [4.78, 5) is 27.5. The number of nitrogens with one attached hydrogen (secondary N) is 2. The smallest absolute Gasteiger partial charge is 0.245 e. The van der Waals surface area contributed by atoms with Crippen molar-refractivity contribution in [3.8, 4) is 0 Å². The topological polar surface area (TPSA) is 90.0 Å². The Morgan fingerprint density at radius 3 is 2.59 bits per heavy atom. The average molecular weight is 464 g/mol. The molecule has 6 rings (SSSR count). The number of aromatic nitrogens is 4. The molecule has 0 aromatic carbocycles. The lowest BCUT2D eigenvalue weighted by Gasteiger charge is -2.32. The molecule has 8 nitrogen and oxygen atoms in total. The summed E-state index contributed by atoms with van der Waals surface area (Å²) >= 11 is 0. The highest BCUT2D eigenvalue weighted by molar-refractivity contribution is 5.85. The Morgan fingerprint density at radius 2 is 1.74 bits per heavy atom. The van der Waals surface area contributed by atoms with Crippen molar-refractivity contribution in [3.05, 3.63) is 23.0 Å². The van der Waals surface area contributed by atoms with Crippen molar-refractivity contribution in [2.45, 2.75) is 95.4 Å². The zero-order chi connectivity index (χ0) is 22.9. The van der Waals surface area contributed by atoms with Crippen LogP contribution in [0.5, 0.6) is 0 Å². The molecular formula is C26H37N7O. The second kappa shape index (κ2) is 9.55. The second-order valence-corrected chi connectivity index (χ2v) is 10.6. The van der Waals surface area contributed by atoms with Crippen molar-refractivity contribution in [2.24, 2.45) is 0 Å². The van der Waals surface area contributed by atoms with Crippen molar-refractivity contribution in [3.63, 3.8) is 0 Å². The third-order valence-corrected chi connectivity index (χ3v) is 8.27. The number of piperidine rings is 1. The third-order valence-electron chi connectivity index (χ3n) is 8.27. The molecular weight excluding hydrogens is 426 g/mol. The monoisotopic (exact) mass is 463 g/mol. The van der Waals surface area contributed by atoms with E-state index in [9.17, 15) is 4.79 Å². The van der Waals surface area contributed by atoms with Crippen molar-refractivity contribution in [1.29, 1.82) is 0 Å². The van der Waals surface area contributed by atoms with Crippen LogP contribution in [0.25, 0.3) is 0 Å². The maximum absolute atomic E-state index is 13.3. The van der Waals surface area contributed by atoms with Gasteiger partial charge in [-0.1, -0.05) is 19.3 Å². The van der Waals surface area contributed by atoms with Crippen LogP contribution < -0.4 is 10.2 Å². The quantitative estimate of drug-likeness (QED) is 0.680. The van der Waals surface area contributed by atoms with Gasteiger partial charge in [0.25, 0.3) is 0 Å². The number of nitrogens with zero attached hydrogens (tertiary/aromatic N) is 5. The first-order chi connectivity index (χ1) is 16.8. The van der Waals surface area contributed by atoms with Crippen LogP contribution in [0.15, 0.2) is 6.07 Å². The lowest BCUT2D eigenvalue weighted by molar-refractivity contribution is -0.133. The molecule has 0 radical (unpaired) electrons. The van der Waals surface area contributed by atoms with E-state index in [1.54, 1.807) is 0 Å². The first kappa shape index (κ1) is 21.9. The zero-order valence-electron chi connectivity index (χ0n) is 20.2. The van der Waals surface area contributed by atoms with Crippen LogP contribution in [-0.4, -0.2) is 56.6 Å². The molecule has 1 saturated carbocycles. The van der Waals surface area contributed by atoms with Gasteiger partial charge in [-0.2, -0.15) is 10.1 Å². The molecule has 4 heterocycles. The predicted molar refractivity (Wildman–Crippen MR) is 133 cm³/mol.